The van der Waals surface area contributed by atoms with Gasteiger partial charge in [0.25, 0.3) is 5.91 Å². The van der Waals surface area contributed by atoms with Gasteiger partial charge in [-0.15, -0.1) is 0 Å². The first-order chi connectivity index (χ1) is 12.9. The van der Waals surface area contributed by atoms with Crippen molar-refractivity contribution in [1.82, 2.24) is 5.32 Å². The predicted octanol–water partition coefficient (Wildman–Crippen LogP) is 2.01. The Morgan fingerprint density at radius 1 is 1.07 bits per heavy atom. The summed E-state index contributed by atoms with van der Waals surface area (Å²) in [5.41, 5.74) is 0.239. The quantitative estimate of drug-likeness (QED) is 0.762. The van der Waals surface area contributed by atoms with Crippen molar-refractivity contribution in [2.45, 2.75) is 54.7 Å². The van der Waals surface area contributed by atoms with Crippen LogP contribution in [0.15, 0.2) is 29.2 Å². The van der Waals surface area contributed by atoms with E-state index in [9.17, 15) is 23.1 Å². The molecule has 7 nitrogen and oxygen atoms in total. The summed E-state index contributed by atoms with van der Waals surface area (Å²) in [6.45, 7) is 0.906. The third kappa shape index (κ3) is 4.50. The number of benzene rings is 1. The zero-order valence-electron chi connectivity index (χ0n) is 15.1. The van der Waals surface area contributed by atoms with E-state index in [4.69, 9.17) is 4.74 Å². The molecule has 1 aromatic carbocycles. The van der Waals surface area contributed by atoms with E-state index in [0.717, 1.165) is 19.3 Å². The van der Waals surface area contributed by atoms with Gasteiger partial charge in [-0.3, -0.25) is 4.79 Å². The van der Waals surface area contributed by atoms with Gasteiger partial charge in [0.2, 0.25) is 0 Å². The lowest BCUT2D eigenvalue weighted by Gasteiger charge is -2.28. The van der Waals surface area contributed by atoms with Gasteiger partial charge in [-0.2, -0.15) is 0 Å². The summed E-state index contributed by atoms with van der Waals surface area (Å²) < 4.78 is 30.5. The number of carbonyl (C=O) groups excluding carboxylic acids is 1. The van der Waals surface area contributed by atoms with Crippen LogP contribution in [0.4, 0.5) is 0 Å². The Morgan fingerprint density at radius 2 is 1.74 bits per heavy atom. The van der Waals surface area contributed by atoms with Gasteiger partial charge in [0.1, 0.15) is 6.04 Å². The highest BCUT2D eigenvalue weighted by Gasteiger charge is 2.32. The van der Waals surface area contributed by atoms with Crippen LogP contribution in [0, 0.1) is 5.92 Å². The summed E-state index contributed by atoms with van der Waals surface area (Å²) in [7, 11) is -3.38. The van der Waals surface area contributed by atoms with E-state index < -0.39 is 27.8 Å². The Bertz CT molecular complexity index is 777. The molecule has 1 aromatic rings. The lowest BCUT2D eigenvalue weighted by atomic mass is 9.93. The Hall–Kier alpha value is -1.93. The molecule has 1 saturated heterocycles. The average molecular weight is 395 g/mol. The summed E-state index contributed by atoms with van der Waals surface area (Å²) in [5.74, 6) is -1.90. The number of ether oxygens (including phenoxy) is 1. The maximum Gasteiger partial charge on any atom is 0.326 e. The number of carboxylic acids is 1. The molecule has 0 aromatic heterocycles. The molecule has 8 heteroatoms. The van der Waals surface area contributed by atoms with Crippen LogP contribution in [0.2, 0.25) is 0 Å². The number of aliphatic carboxylic acids is 1. The number of rotatable bonds is 6. The molecule has 2 atom stereocenters. The van der Waals surface area contributed by atoms with Crippen molar-refractivity contribution in [3.63, 3.8) is 0 Å². The molecule has 1 saturated carbocycles. The Balaban J connectivity index is 1.70. The van der Waals surface area contributed by atoms with Crippen molar-refractivity contribution in [1.29, 1.82) is 0 Å². The van der Waals surface area contributed by atoms with E-state index in [0.29, 0.717) is 32.5 Å². The molecule has 148 valence electrons. The van der Waals surface area contributed by atoms with Crippen molar-refractivity contribution in [3.05, 3.63) is 29.8 Å². The molecule has 3 rings (SSSR count). The average Bonchev–Trinajstić information content (AvgIpc) is 3.22. The number of nitrogens with one attached hydrogen (secondary N) is 1. The first-order valence-electron chi connectivity index (χ1n) is 9.35. The van der Waals surface area contributed by atoms with Gasteiger partial charge in [-0.05, 0) is 49.9 Å². The van der Waals surface area contributed by atoms with Crippen LogP contribution < -0.4 is 5.32 Å². The molecular formula is C19H25NO6S. The van der Waals surface area contributed by atoms with Crippen molar-refractivity contribution in [2.75, 3.05) is 13.2 Å². The molecule has 1 amide bonds. The molecule has 0 radical (unpaired) electrons. The molecule has 27 heavy (non-hydrogen) atoms. The number of carboxylic acid groups (broad SMARTS) is 1. The second-order valence-corrected chi connectivity index (χ2v) is 9.47. The molecule has 0 bridgehead atoms. The predicted molar refractivity (Wildman–Crippen MR) is 98.3 cm³/mol. The van der Waals surface area contributed by atoms with E-state index in [1.165, 1.54) is 24.3 Å². The van der Waals surface area contributed by atoms with Gasteiger partial charge in [0.15, 0.2) is 9.84 Å². The fraction of sp³-hybridized carbons (Fsp3) is 0.579. The van der Waals surface area contributed by atoms with Crippen molar-refractivity contribution >= 4 is 21.7 Å². The molecule has 2 unspecified atom stereocenters. The Morgan fingerprint density at radius 3 is 2.30 bits per heavy atom. The third-order valence-electron chi connectivity index (χ3n) is 5.41. The summed E-state index contributed by atoms with van der Waals surface area (Å²) >= 11 is 0. The molecule has 0 spiro atoms. The van der Waals surface area contributed by atoms with Crippen molar-refractivity contribution in [3.8, 4) is 0 Å². The fourth-order valence-corrected chi connectivity index (χ4v) is 5.68. The largest absolute Gasteiger partial charge is 0.480 e. The topological polar surface area (TPSA) is 110 Å². The fourth-order valence-electron chi connectivity index (χ4n) is 3.82. The van der Waals surface area contributed by atoms with Gasteiger partial charge in [0, 0.05) is 18.1 Å². The van der Waals surface area contributed by atoms with Gasteiger partial charge < -0.3 is 15.2 Å². The van der Waals surface area contributed by atoms with Gasteiger partial charge >= 0.3 is 5.97 Å². The van der Waals surface area contributed by atoms with E-state index in [1.54, 1.807) is 0 Å². The zero-order chi connectivity index (χ0) is 19.4. The van der Waals surface area contributed by atoms with Crippen molar-refractivity contribution in [2.24, 2.45) is 5.92 Å². The molecular weight excluding hydrogens is 370 g/mol. The van der Waals surface area contributed by atoms with Crippen LogP contribution >= 0.6 is 0 Å². The number of hydrogen-bond acceptors (Lipinski definition) is 5. The van der Waals surface area contributed by atoms with Gasteiger partial charge in [-0.1, -0.05) is 12.8 Å². The highest BCUT2D eigenvalue weighted by molar-refractivity contribution is 7.92. The smallest absolute Gasteiger partial charge is 0.326 e. The number of sulfone groups is 1. The molecule has 1 aliphatic carbocycles. The van der Waals surface area contributed by atoms with Crippen LogP contribution in [-0.4, -0.2) is 49.9 Å². The zero-order valence-corrected chi connectivity index (χ0v) is 15.9. The normalized spacial score (nSPS) is 22.3. The van der Waals surface area contributed by atoms with Crippen LogP contribution in [0.3, 0.4) is 0 Å². The lowest BCUT2D eigenvalue weighted by Crippen LogP contribution is -2.48. The minimum atomic E-state index is -3.38. The highest BCUT2D eigenvalue weighted by Crippen LogP contribution is 2.29. The monoisotopic (exact) mass is 395 g/mol. The molecule has 1 aliphatic heterocycles. The number of amides is 1. The maximum absolute atomic E-state index is 12.6. The minimum absolute atomic E-state index is 0.210. The third-order valence-corrected chi connectivity index (χ3v) is 7.68. The molecule has 2 N–H and O–H groups in total. The summed E-state index contributed by atoms with van der Waals surface area (Å²) in [4.78, 5) is 24.2. The van der Waals surface area contributed by atoms with E-state index >= 15 is 0 Å². The minimum Gasteiger partial charge on any atom is -0.480 e. The number of hydrogen-bond donors (Lipinski definition) is 2. The standard InChI is InChI=1S/C19H25NO6S/c21-18(20-17(19(22)23)14-4-3-11-26-12-14)13-7-9-16(10-8-13)27(24,25)15-5-1-2-6-15/h7-10,14-15,17H,1-6,11-12H2,(H,20,21)(H,22,23). The first-order valence-corrected chi connectivity index (χ1v) is 10.9. The molecule has 2 aliphatic rings. The molecule has 2 fully saturated rings. The van der Waals surface area contributed by atoms with Crippen LogP contribution in [0.1, 0.15) is 48.9 Å². The van der Waals surface area contributed by atoms with Crippen LogP contribution in [0.5, 0.6) is 0 Å². The van der Waals surface area contributed by atoms with E-state index in [2.05, 4.69) is 5.32 Å². The second-order valence-electron chi connectivity index (χ2n) is 7.24. The Kier molecular flexibility index (Phi) is 6.16. The van der Waals surface area contributed by atoms with Gasteiger partial charge in [-0.25, -0.2) is 13.2 Å². The SMILES string of the molecule is O=C(NC(C(=O)O)C1CCCOC1)c1ccc(S(=O)(=O)C2CCCC2)cc1. The first kappa shape index (κ1) is 19.8. The lowest BCUT2D eigenvalue weighted by molar-refractivity contribution is -0.142. The summed E-state index contributed by atoms with van der Waals surface area (Å²) in [6, 6.07) is 4.71. The van der Waals surface area contributed by atoms with E-state index in [1.807, 2.05) is 0 Å². The summed E-state index contributed by atoms with van der Waals surface area (Å²) in [5, 5.41) is 11.6. The highest BCUT2D eigenvalue weighted by atomic mass is 32.2. The maximum atomic E-state index is 12.6. The van der Waals surface area contributed by atoms with Crippen LogP contribution in [-0.2, 0) is 19.4 Å². The van der Waals surface area contributed by atoms with Crippen LogP contribution in [0.25, 0.3) is 0 Å². The van der Waals surface area contributed by atoms with Gasteiger partial charge in [0.05, 0.1) is 16.8 Å². The number of carbonyl (C=O) groups is 2. The summed E-state index contributed by atoms with van der Waals surface area (Å²) in [6.07, 6.45) is 4.63. The molecule has 1 heterocycles. The van der Waals surface area contributed by atoms with Crippen molar-refractivity contribution < 1.29 is 27.9 Å². The van der Waals surface area contributed by atoms with E-state index in [-0.39, 0.29) is 21.6 Å². The second kappa shape index (κ2) is 8.39. The Labute approximate surface area is 159 Å².